The minimum Gasteiger partial charge on any atom is -0.445 e. The fraction of sp³-hybridized carbons (Fsp3) is 0.240. The Kier molecular flexibility index (Phi) is 6.16. The summed E-state index contributed by atoms with van der Waals surface area (Å²) in [5.41, 5.74) is -0.746. The molecule has 3 aromatic heterocycles. The van der Waals surface area contributed by atoms with Crippen molar-refractivity contribution in [1.82, 2.24) is 14.9 Å². The minimum absolute atomic E-state index is 0.0648. The van der Waals surface area contributed by atoms with E-state index in [2.05, 4.69) is 10.3 Å². The highest BCUT2D eigenvalue weighted by Gasteiger charge is 2.24. The number of aryl methyl sites for hydroxylation is 1. The maximum atomic E-state index is 14.3. The van der Waals surface area contributed by atoms with E-state index < -0.39 is 28.7 Å². The Morgan fingerprint density at radius 1 is 1.23 bits per heavy atom. The highest BCUT2D eigenvalue weighted by atomic mass is 19.1. The molecule has 1 aromatic carbocycles. The molecule has 182 valence electrons. The molecule has 0 atom stereocenters. The van der Waals surface area contributed by atoms with Crippen molar-refractivity contribution >= 4 is 16.9 Å². The number of hydrogen-bond acceptors (Lipinski definition) is 6. The van der Waals surface area contributed by atoms with E-state index in [1.54, 1.807) is 26.8 Å². The fourth-order valence-corrected chi connectivity index (χ4v) is 3.53. The van der Waals surface area contributed by atoms with E-state index in [0.29, 0.717) is 29.1 Å². The number of pyridine rings is 2. The lowest BCUT2D eigenvalue weighted by Crippen LogP contribution is -2.22. The maximum absolute atomic E-state index is 14.3. The number of halogens is 2. The molecule has 1 amide bonds. The van der Waals surface area contributed by atoms with Gasteiger partial charge in [-0.25, -0.2) is 13.8 Å². The van der Waals surface area contributed by atoms with Crippen LogP contribution in [-0.2, 0) is 12.6 Å². The fourth-order valence-electron chi connectivity index (χ4n) is 3.53. The summed E-state index contributed by atoms with van der Waals surface area (Å²) in [5.74, 6) is -2.60. The van der Waals surface area contributed by atoms with Gasteiger partial charge in [0.2, 0.25) is 11.5 Å². The number of furan rings is 1. The van der Waals surface area contributed by atoms with Crippen molar-refractivity contribution in [2.45, 2.75) is 26.4 Å². The predicted molar refractivity (Wildman–Crippen MR) is 124 cm³/mol. The van der Waals surface area contributed by atoms with Crippen molar-refractivity contribution < 1.29 is 27.8 Å². The third-order valence-electron chi connectivity index (χ3n) is 5.37. The van der Waals surface area contributed by atoms with Crippen LogP contribution in [0.4, 0.5) is 8.78 Å². The van der Waals surface area contributed by atoms with Crippen LogP contribution in [0.3, 0.4) is 0 Å². The van der Waals surface area contributed by atoms with Gasteiger partial charge in [0.25, 0.3) is 11.5 Å². The van der Waals surface area contributed by atoms with E-state index in [1.165, 1.54) is 30.1 Å². The van der Waals surface area contributed by atoms with Gasteiger partial charge in [-0.05, 0) is 45.0 Å². The zero-order valence-electron chi connectivity index (χ0n) is 19.5. The van der Waals surface area contributed by atoms with Crippen molar-refractivity contribution in [3.05, 3.63) is 76.0 Å². The average molecular weight is 483 g/mol. The molecule has 4 rings (SSSR count). The Balaban J connectivity index is 1.98. The van der Waals surface area contributed by atoms with Crippen molar-refractivity contribution in [2.24, 2.45) is 7.05 Å². The Bertz CT molecular complexity index is 1500. The number of rotatable bonds is 6. The Morgan fingerprint density at radius 2 is 1.97 bits per heavy atom. The summed E-state index contributed by atoms with van der Waals surface area (Å²) < 4.78 is 40.3. The molecule has 0 aliphatic heterocycles. The summed E-state index contributed by atoms with van der Waals surface area (Å²) in [6.07, 6.45) is 2.87. The number of hydrogen-bond donors (Lipinski definition) is 2. The Labute approximate surface area is 198 Å². The molecule has 10 heteroatoms. The summed E-state index contributed by atoms with van der Waals surface area (Å²) in [6.45, 7) is 5.24. The molecule has 0 saturated heterocycles. The molecule has 8 nitrogen and oxygen atoms in total. The number of carbonyl (C=O) groups excluding carboxylic acids is 1. The van der Waals surface area contributed by atoms with Gasteiger partial charge in [-0.1, -0.05) is 0 Å². The summed E-state index contributed by atoms with van der Waals surface area (Å²) in [5, 5.41) is 13.5. The molecule has 0 fully saturated rings. The van der Waals surface area contributed by atoms with Crippen LogP contribution in [0.5, 0.6) is 11.6 Å². The third-order valence-corrected chi connectivity index (χ3v) is 5.37. The van der Waals surface area contributed by atoms with Crippen LogP contribution in [0.25, 0.3) is 22.1 Å². The highest BCUT2D eigenvalue weighted by Crippen LogP contribution is 2.38. The van der Waals surface area contributed by atoms with E-state index >= 15 is 0 Å². The lowest BCUT2D eigenvalue weighted by atomic mass is 9.96. The second-order valence-electron chi connectivity index (χ2n) is 8.48. The molecule has 2 N–H and O–H groups in total. The zero-order valence-corrected chi connectivity index (χ0v) is 19.5. The number of ether oxygens (including phenoxy) is 1. The molecule has 0 aliphatic carbocycles. The van der Waals surface area contributed by atoms with Crippen LogP contribution in [0.15, 0.2) is 51.9 Å². The van der Waals surface area contributed by atoms with Gasteiger partial charge in [0, 0.05) is 54.1 Å². The van der Waals surface area contributed by atoms with Crippen molar-refractivity contribution in [2.75, 3.05) is 6.54 Å². The molecule has 0 bridgehead atoms. The van der Waals surface area contributed by atoms with Crippen molar-refractivity contribution in [1.29, 1.82) is 0 Å². The summed E-state index contributed by atoms with van der Waals surface area (Å²) in [4.78, 5) is 29.4. The third kappa shape index (κ3) is 4.65. The van der Waals surface area contributed by atoms with Crippen LogP contribution >= 0.6 is 0 Å². The topological polar surface area (TPSA) is 107 Å². The molecular formula is C25H23F2N3O5. The summed E-state index contributed by atoms with van der Waals surface area (Å²) >= 11 is 0. The smallest absolute Gasteiger partial charge is 0.293 e. The molecule has 3 heterocycles. The first-order valence-corrected chi connectivity index (χ1v) is 10.8. The van der Waals surface area contributed by atoms with Crippen LogP contribution in [-0.4, -0.2) is 27.1 Å². The SMILES string of the molecule is CCNC(=O)c1cc2c(-c3cc(C(C)(C)O)cnc3Oc3ccc(F)cc3F)cn(C)c(=O)c2o1. The standard InChI is InChI=1S/C25H23F2N3O5/c1-5-28-22(31)20-10-15-17(12-30(4)24(32)21(15)34-20)16-8-13(25(2,3)33)11-29-23(16)35-19-7-6-14(26)9-18(19)27/h6-12,33H,5H2,1-4H3,(H,28,31). The predicted octanol–water partition coefficient (Wildman–Crippen LogP) is 4.24. The maximum Gasteiger partial charge on any atom is 0.293 e. The number of amides is 1. The quantitative estimate of drug-likeness (QED) is 0.425. The van der Waals surface area contributed by atoms with Gasteiger partial charge in [0.05, 0.1) is 5.60 Å². The number of aromatic nitrogens is 2. The first-order chi connectivity index (χ1) is 16.5. The number of benzene rings is 1. The lowest BCUT2D eigenvalue weighted by molar-refractivity contribution is 0.0782. The van der Waals surface area contributed by atoms with Gasteiger partial charge in [-0.15, -0.1) is 0 Å². The van der Waals surface area contributed by atoms with Crippen LogP contribution in [0.1, 0.15) is 36.9 Å². The molecule has 0 saturated carbocycles. The van der Waals surface area contributed by atoms with Crippen molar-refractivity contribution in [3.8, 4) is 22.8 Å². The normalized spacial score (nSPS) is 11.6. The molecule has 4 aromatic rings. The summed E-state index contributed by atoms with van der Waals surface area (Å²) in [7, 11) is 1.51. The van der Waals surface area contributed by atoms with Crippen molar-refractivity contribution in [3.63, 3.8) is 0 Å². The van der Waals surface area contributed by atoms with Gasteiger partial charge < -0.3 is 24.1 Å². The van der Waals surface area contributed by atoms with Crippen LogP contribution in [0, 0.1) is 11.6 Å². The largest absolute Gasteiger partial charge is 0.445 e. The van der Waals surface area contributed by atoms with E-state index in [4.69, 9.17) is 9.15 Å². The highest BCUT2D eigenvalue weighted by molar-refractivity contribution is 6.01. The minimum atomic E-state index is -1.29. The van der Waals surface area contributed by atoms with Gasteiger partial charge >= 0.3 is 0 Å². The number of fused-ring (bicyclic) bond motifs is 1. The molecule has 0 unspecified atom stereocenters. The van der Waals surface area contributed by atoms with Gasteiger partial charge in [0.15, 0.2) is 17.3 Å². The Hall–Kier alpha value is -4.05. The second-order valence-corrected chi connectivity index (χ2v) is 8.48. The monoisotopic (exact) mass is 483 g/mol. The first kappa shape index (κ1) is 24.1. The lowest BCUT2D eigenvalue weighted by Gasteiger charge is -2.20. The van der Waals surface area contributed by atoms with Gasteiger partial charge in [-0.2, -0.15) is 0 Å². The Morgan fingerprint density at radius 3 is 2.63 bits per heavy atom. The first-order valence-electron chi connectivity index (χ1n) is 10.8. The molecule has 0 aliphatic rings. The molecule has 0 spiro atoms. The van der Waals surface area contributed by atoms with E-state index in [9.17, 15) is 23.5 Å². The molecule has 0 radical (unpaired) electrons. The molecule has 35 heavy (non-hydrogen) atoms. The molecular weight excluding hydrogens is 460 g/mol. The number of carbonyl (C=O) groups is 1. The van der Waals surface area contributed by atoms with Gasteiger partial charge in [-0.3, -0.25) is 9.59 Å². The number of aliphatic hydroxyl groups is 1. The van der Waals surface area contributed by atoms with E-state index in [-0.39, 0.29) is 28.5 Å². The number of nitrogens with one attached hydrogen (secondary N) is 1. The number of nitrogens with zero attached hydrogens (tertiary/aromatic N) is 2. The van der Waals surface area contributed by atoms with Crippen LogP contribution in [0.2, 0.25) is 0 Å². The van der Waals surface area contributed by atoms with E-state index in [1.807, 2.05) is 0 Å². The van der Waals surface area contributed by atoms with Crippen LogP contribution < -0.4 is 15.6 Å². The zero-order chi connectivity index (χ0) is 25.5. The van der Waals surface area contributed by atoms with E-state index in [0.717, 1.165) is 12.1 Å². The second kappa shape index (κ2) is 8.95. The average Bonchev–Trinajstić information content (AvgIpc) is 3.24. The van der Waals surface area contributed by atoms with Gasteiger partial charge in [0.1, 0.15) is 5.82 Å². The summed E-state index contributed by atoms with van der Waals surface area (Å²) in [6, 6.07) is 5.86.